The standard InChI is InChI=1S/C15H19N3O2/c1-10(2)7-14(15(19)20)17-9-11-8-16-12-5-3-4-6-13(12)18-11/h3-6,8,10,14,17H,7,9H2,1-2H3,(H,19,20). The molecule has 0 amide bonds. The van der Waals surface area contributed by atoms with E-state index in [0.29, 0.717) is 18.9 Å². The van der Waals surface area contributed by atoms with E-state index < -0.39 is 12.0 Å². The fourth-order valence-corrected chi connectivity index (χ4v) is 2.05. The number of carboxylic acid groups (broad SMARTS) is 1. The van der Waals surface area contributed by atoms with Crippen molar-refractivity contribution in [3.8, 4) is 0 Å². The van der Waals surface area contributed by atoms with Crippen LogP contribution >= 0.6 is 0 Å². The highest BCUT2D eigenvalue weighted by Crippen LogP contribution is 2.09. The molecule has 106 valence electrons. The van der Waals surface area contributed by atoms with E-state index in [1.165, 1.54) is 0 Å². The topological polar surface area (TPSA) is 75.1 Å². The molecule has 0 bridgehead atoms. The first-order chi connectivity index (χ1) is 9.56. The van der Waals surface area contributed by atoms with Crippen molar-refractivity contribution in [2.24, 2.45) is 5.92 Å². The Bertz CT molecular complexity index is 598. The minimum absolute atomic E-state index is 0.325. The fraction of sp³-hybridized carbons (Fsp3) is 0.400. The number of aliphatic carboxylic acids is 1. The number of hydrogen-bond donors (Lipinski definition) is 2. The van der Waals surface area contributed by atoms with Crippen LogP contribution in [0.1, 0.15) is 26.0 Å². The highest BCUT2D eigenvalue weighted by atomic mass is 16.4. The van der Waals surface area contributed by atoms with Gasteiger partial charge in [0.2, 0.25) is 0 Å². The van der Waals surface area contributed by atoms with Gasteiger partial charge in [0.05, 0.1) is 22.9 Å². The van der Waals surface area contributed by atoms with Crippen molar-refractivity contribution in [3.05, 3.63) is 36.2 Å². The second-order valence-electron chi connectivity index (χ2n) is 5.25. The molecule has 2 rings (SSSR count). The van der Waals surface area contributed by atoms with Gasteiger partial charge in [-0.25, -0.2) is 4.98 Å². The van der Waals surface area contributed by atoms with E-state index in [4.69, 9.17) is 0 Å². The van der Waals surface area contributed by atoms with E-state index >= 15 is 0 Å². The number of carboxylic acids is 1. The first-order valence-electron chi connectivity index (χ1n) is 6.73. The van der Waals surface area contributed by atoms with Gasteiger partial charge in [-0.3, -0.25) is 15.1 Å². The van der Waals surface area contributed by atoms with Gasteiger partial charge < -0.3 is 5.11 Å². The van der Waals surface area contributed by atoms with Gasteiger partial charge in [-0.05, 0) is 24.5 Å². The molecule has 1 aromatic carbocycles. The average Bonchev–Trinajstić information content (AvgIpc) is 2.42. The van der Waals surface area contributed by atoms with Crippen LogP contribution in [0.3, 0.4) is 0 Å². The summed E-state index contributed by atoms with van der Waals surface area (Å²) in [6, 6.07) is 7.07. The van der Waals surface area contributed by atoms with Gasteiger partial charge in [0.25, 0.3) is 0 Å². The van der Waals surface area contributed by atoms with E-state index in [0.717, 1.165) is 16.7 Å². The number of hydrogen-bond acceptors (Lipinski definition) is 4. The molecule has 0 spiro atoms. The Morgan fingerprint density at radius 2 is 2.00 bits per heavy atom. The third-order valence-corrected chi connectivity index (χ3v) is 3.03. The van der Waals surface area contributed by atoms with Gasteiger partial charge >= 0.3 is 5.97 Å². The molecule has 5 nitrogen and oxygen atoms in total. The van der Waals surface area contributed by atoms with Crippen LogP contribution in [0.5, 0.6) is 0 Å². The second kappa shape index (κ2) is 6.43. The summed E-state index contributed by atoms with van der Waals surface area (Å²) in [4.78, 5) is 20.0. The number of benzene rings is 1. The SMILES string of the molecule is CC(C)CC(NCc1cnc2ccccc2n1)C(=O)O. The highest BCUT2D eigenvalue weighted by Gasteiger charge is 2.18. The first kappa shape index (κ1) is 14.4. The van der Waals surface area contributed by atoms with Crippen LogP contribution in [0.2, 0.25) is 0 Å². The molecule has 1 aromatic heterocycles. The van der Waals surface area contributed by atoms with Crippen molar-refractivity contribution in [3.63, 3.8) is 0 Å². The molecule has 0 saturated heterocycles. The van der Waals surface area contributed by atoms with Gasteiger partial charge in [-0.2, -0.15) is 0 Å². The monoisotopic (exact) mass is 273 g/mol. The van der Waals surface area contributed by atoms with Gasteiger partial charge in [-0.15, -0.1) is 0 Å². The molecule has 1 unspecified atom stereocenters. The zero-order valence-electron chi connectivity index (χ0n) is 11.7. The van der Waals surface area contributed by atoms with Crippen molar-refractivity contribution in [2.75, 3.05) is 0 Å². The van der Waals surface area contributed by atoms with Crippen molar-refractivity contribution < 1.29 is 9.90 Å². The maximum Gasteiger partial charge on any atom is 0.320 e. The van der Waals surface area contributed by atoms with E-state index in [1.54, 1.807) is 6.20 Å². The lowest BCUT2D eigenvalue weighted by atomic mass is 10.0. The van der Waals surface area contributed by atoms with Gasteiger partial charge in [0, 0.05) is 6.54 Å². The molecular weight excluding hydrogens is 254 g/mol. The summed E-state index contributed by atoms with van der Waals surface area (Å²) in [5.41, 5.74) is 2.41. The molecular formula is C15H19N3O2. The van der Waals surface area contributed by atoms with Crippen molar-refractivity contribution >= 4 is 17.0 Å². The lowest BCUT2D eigenvalue weighted by molar-refractivity contribution is -0.140. The maximum atomic E-state index is 11.2. The quantitative estimate of drug-likeness (QED) is 0.844. The summed E-state index contributed by atoms with van der Waals surface area (Å²) in [7, 11) is 0. The summed E-state index contributed by atoms with van der Waals surface area (Å²) in [6.45, 7) is 4.42. The van der Waals surface area contributed by atoms with Crippen molar-refractivity contribution in [2.45, 2.75) is 32.9 Å². The van der Waals surface area contributed by atoms with Gasteiger partial charge in [0.15, 0.2) is 0 Å². The van der Waals surface area contributed by atoms with Gasteiger partial charge in [0.1, 0.15) is 6.04 Å². The predicted octanol–water partition coefficient (Wildman–Crippen LogP) is 2.22. The van der Waals surface area contributed by atoms with Crippen LogP contribution < -0.4 is 5.32 Å². The molecule has 5 heteroatoms. The zero-order chi connectivity index (χ0) is 14.5. The Labute approximate surface area is 118 Å². The smallest absolute Gasteiger partial charge is 0.320 e. The number of fused-ring (bicyclic) bond motifs is 1. The minimum atomic E-state index is -0.826. The fourth-order valence-electron chi connectivity index (χ4n) is 2.05. The van der Waals surface area contributed by atoms with E-state index in [1.807, 2.05) is 38.1 Å². The third kappa shape index (κ3) is 3.74. The lowest BCUT2D eigenvalue weighted by Crippen LogP contribution is -2.37. The summed E-state index contributed by atoms with van der Waals surface area (Å²) in [6.07, 6.45) is 2.28. The first-order valence-corrected chi connectivity index (χ1v) is 6.73. The summed E-state index contributed by atoms with van der Waals surface area (Å²) in [5, 5.41) is 12.2. The third-order valence-electron chi connectivity index (χ3n) is 3.03. The number of nitrogens with one attached hydrogen (secondary N) is 1. The van der Waals surface area contributed by atoms with E-state index in [2.05, 4.69) is 15.3 Å². The molecule has 2 N–H and O–H groups in total. The molecule has 1 heterocycles. The lowest BCUT2D eigenvalue weighted by Gasteiger charge is -2.16. The number of aromatic nitrogens is 2. The molecule has 0 aliphatic carbocycles. The van der Waals surface area contributed by atoms with Crippen LogP contribution in [0.4, 0.5) is 0 Å². The average molecular weight is 273 g/mol. The zero-order valence-corrected chi connectivity index (χ0v) is 11.7. The number of rotatable bonds is 6. The molecule has 0 radical (unpaired) electrons. The largest absolute Gasteiger partial charge is 0.480 e. The number of para-hydroxylation sites is 2. The van der Waals surface area contributed by atoms with Crippen LogP contribution in [0.25, 0.3) is 11.0 Å². The van der Waals surface area contributed by atoms with Crippen molar-refractivity contribution in [1.29, 1.82) is 0 Å². The number of nitrogens with zero attached hydrogens (tertiary/aromatic N) is 2. The Kier molecular flexibility index (Phi) is 4.63. The molecule has 0 saturated carbocycles. The predicted molar refractivity (Wildman–Crippen MR) is 77.3 cm³/mol. The Balaban J connectivity index is 2.05. The van der Waals surface area contributed by atoms with E-state index in [9.17, 15) is 9.90 Å². The maximum absolute atomic E-state index is 11.2. The minimum Gasteiger partial charge on any atom is -0.480 e. The van der Waals surface area contributed by atoms with Crippen LogP contribution in [-0.4, -0.2) is 27.1 Å². The van der Waals surface area contributed by atoms with Crippen LogP contribution in [0.15, 0.2) is 30.5 Å². The normalized spacial score (nSPS) is 12.8. The van der Waals surface area contributed by atoms with E-state index in [-0.39, 0.29) is 0 Å². The molecule has 0 aliphatic rings. The molecule has 1 atom stereocenters. The Hall–Kier alpha value is -2.01. The van der Waals surface area contributed by atoms with Crippen LogP contribution in [-0.2, 0) is 11.3 Å². The molecule has 2 aromatic rings. The summed E-state index contributed by atoms with van der Waals surface area (Å²) in [5.74, 6) is -0.501. The molecule has 0 aliphatic heterocycles. The summed E-state index contributed by atoms with van der Waals surface area (Å²) < 4.78 is 0. The summed E-state index contributed by atoms with van der Waals surface area (Å²) >= 11 is 0. The molecule has 20 heavy (non-hydrogen) atoms. The second-order valence-corrected chi connectivity index (χ2v) is 5.25. The number of carbonyl (C=O) groups is 1. The van der Waals surface area contributed by atoms with Crippen LogP contribution in [0, 0.1) is 5.92 Å². The Morgan fingerprint density at radius 1 is 1.30 bits per heavy atom. The Morgan fingerprint density at radius 3 is 2.65 bits per heavy atom. The molecule has 0 fully saturated rings. The highest BCUT2D eigenvalue weighted by molar-refractivity contribution is 5.74. The van der Waals surface area contributed by atoms with Crippen molar-refractivity contribution in [1.82, 2.24) is 15.3 Å². The van der Waals surface area contributed by atoms with Gasteiger partial charge in [-0.1, -0.05) is 26.0 Å².